The summed E-state index contributed by atoms with van der Waals surface area (Å²) in [4.78, 5) is 2.59. The van der Waals surface area contributed by atoms with E-state index in [4.69, 9.17) is 0 Å². The molecule has 1 aromatic carbocycles. The van der Waals surface area contributed by atoms with Gasteiger partial charge in [0.25, 0.3) is 0 Å². The Balaban J connectivity index is 1.61. The Hall–Kier alpha value is -0.860. The Morgan fingerprint density at radius 1 is 1.16 bits per heavy atom. The minimum absolute atomic E-state index is 0.811. The predicted octanol–water partition coefficient (Wildman–Crippen LogP) is 3.07. The molecule has 2 rings (SSSR count). The Labute approximate surface area is 118 Å². The van der Waals surface area contributed by atoms with Gasteiger partial charge < -0.3 is 5.32 Å². The van der Waals surface area contributed by atoms with Crippen molar-refractivity contribution in [1.82, 2.24) is 10.2 Å². The quantitative estimate of drug-likeness (QED) is 0.758. The first-order chi connectivity index (χ1) is 9.25. The van der Waals surface area contributed by atoms with Crippen LogP contribution < -0.4 is 5.32 Å². The first-order valence-corrected chi connectivity index (χ1v) is 7.75. The lowest BCUT2D eigenvalue weighted by molar-refractivity contribution is 0.250. The van der Waals surface area contributed by atoms with Crippen molar-refractivity contribution in [3.05, 3.63) is 35.4 Å². The lowest BCUT2D eigenvalue weighted by atomic mass is 10.00. The van der Waals surface area contributed by atoms with E-state index in [1.165, 1.54) is 44.5 Å². The topological polar surface area (TPSA) is 15.3 Å². The number of hydrogen-bond donors (Lipinski definition) is 1. The van der Waals surface area contributed by atoms with Gasteiger partial charge in [0, 0.05) is 13.1 Å². The van der Waals surface area contributed by atoms with E-state index in [2.05, 4.69) is 48.3 Å². The van der Waals surface area contributed by atoms with Crippen molar-refractivity contribution in [2.24, 2.45) is 5.92 Å². The van der Waals surface area contributed by atoms with Crippen LogP contribution in [-0.4, -0.2) is 31.1 Å². The molecular formula is C17H28N2. The second-order valence-corrected chi connectivity index (χ2v) is 6.08. The van der Waals surface area contributed by atoms with Gasteiger partial charge in [0.1, 0.15) is 0 Å². The van der Waals surface area contributed by atoms with Gasteiger partial charge in [0.15, 0.2) is 0 Å². The van der Waals surface area contributed by atoms with Gasteiger partial charge in [0.05, 0.1) is 0 Å². The summed E-state index contributed by atoms with van der Waals surface area (Å²) in [6.45, 7) is 10.5. The van der Waals surface area contributed by atoms with E-state index in [0.29, 0.717) is 0 Å². The molecule has 0 fully saturated rings. The van der Waals surface area contributed by atoms with Gasteiger partial charge >= 0.3 is 0 Å². The molecule has 0 unspecified atom stereocenters. The molecule has 19 heavy (non-hydrogen) atoms. The SMILES string of the molecule is CC(C)CCNCCCN1CCc2ccccc2C1. The summed E-state index contributed by atoms with van der Waals surface area (Å²) in [5.74, 6) is 0.811. The predicted molar refractivity (Wildman–Crippen MR) is 82.4 cm³/mol. The van der Waals surface area contributed by atoms with Crippen LogP contribution in [0.1, 0.15) is 37.8 Å². The molecule has 106 valence electrons. The smallest absolute Gasteiger partial charge is 0.0236 e. The standard InChI is InChI=1S/C17H28N2/c1-15(2)8-11-18-10-5-12-19-13-9-16-6-3-4-7-17(16)14-19/h3-4,6-7,15,18H,5,8-14H2,1-2H3. The van der Waals surface area contributed by atoms with Crippen molar-refractivity contribution >= 4 is 0 Å². The van der Waals surface area contributed by atoms with E-state index in [-0.39, 0.29) is 0 Å². The molecule has 2 nitrogen and oxygen atoms in total. The van der Waals surface area contributed by atoms with E-state index in [1.54, 1.807) is 5.56 Å². The molecule has 1 N–H and O–H groups in total. The summed E-state index contributed by atoms with van der Waals surface area (Å²) in [7, 11) is 0. The number of hydrogen-bond acceptors (Lipinski definition) is 2. The van der Waals surface area contributed by atoms with Crippen molar-refractivity contribution in [3.63, 3.8) is 0 Å². The molecule has 1 heterocycles. The highest BCUT2D eigenvalue weighted by molar-refractivity contribution is 5.28. The molecule has 0 saturated carbocycles. The first kappa shape index (κ1) is 14.5. The van der Waals surface area contributed by atoms with Gasteiger partial charge in [-0.15, -0.1) is 0 Å². The second-order valence-electron chi connectivity index (χ2n) is 6.08. The minimum Gasteiger partial charge on any atom is -0.317 e. The van der Waals surface area contributed by atoms with Crippen molar-refractivity contribution < 1.29 is 0 Å². The molecule has 0 bridgehead atoms. The molecule has 0 atom stereocenters. The Morgan fingerprint density at radius 2 is 1.95 bits per heavy atom. The monoisotopic (exact) mass is 260 g/mol. The lowest BCUT2D eigenvalue weighted by Crippen LogP contribution is -2.33. The fourth-order valence-corrected chi connectivity index (χ4v) is 2.69. The molecule has 1 aromatic rings. The summed E-state index contributed by atoms with van der Waals surface area (Å²) in [5, 5.41) is 3.55. The van der Waals surface area contributed by atoms with Crippen LogP contribution in [-0.2, 0) is 13.0 Å². The van der Waals surface area contributed by atoms with E-state index >= 15 is 0 Å². The average molecular weight is 260 g/mol. The first-order valence-electron chi connectivity index (χ1n) is 7.75. The number of fused-ring (bicyclic) bond motifs is 1. The van der Waals surface area contributed by atoms with E-state index < -0.39 is 0 Å². The Kier molecular flexibility index (Phi) is 5.87. The molecule has 0 spiro atoms. The highest BCUT2D eigenvalue weighted by Gasteiger charge is 2.14. The lowest BCUT2D eigenvalue weighted by Gasteiger charge is -2.28. The zero-order valence-electron chi connectivity index (χ0n) is 12.5. The van der Waals surface area contributed by atoms with Gasteiger partial charge in [-0.05, 0) is 55.9 Å². The van der Waals surface area contributed by atoms with Crippen LogP contribution in [0.25, 0.3) is 0 Å². The van der Waals surface area contributed by atoms with Gasteiger partial charge in [-0.3, -0.25) is 4.90 Å². The van der Waals surface area contributed by atoms with Crippen LogP contribution >= 0.6 is 0 Å². The minimum atomic E-state index is 0.811. The highest BCUT2D eigenvalue weighted by Crippen LogP contribution is 2.18. The number of nitrogens with zero attached hydrogens (tertiary/aromatic N) is 1. The average Bonchev–Trinajstić information content (AvgIpc) is 2.42. The van der Waals surface area contributed by atoms with Crippen molar-refractivity contribution in [2.75, 3.05) is 26.2 Å². The van der Waals surface area contributed by atoms with Crippen LogP contribution in [0, 0.1) is 5.92 Å². The molecule has 0 amide bonds. The van der Waals surface area contributed by atoms with Gasteiger partial charge in [-0.2, -0.15) is 0 Å². The van der Waals surface area contributed by atoms with Crippen LogP contribution in [0.15, 0.2) is 24.3 Å². The molecule has 0 radical (unpaired) electrons. The van der Waals surface area contributed by atoms with Crippen LogP contribution in [0.3, 0.4) is 0 Å². The zero-order valence-corrected chi connectivity index (χ0v) is 12.5. The molecule has 1 aliphatic rings. The highest BCUT2D eigenvalue weighted by atomic mass is 15.1. The van der Waals surface area contributed by atoms with Crippen LogP contribution in [0.2, 0.25) is 0 Å². The summed E-state index contributed by atoms with van der Waals surface area (Å²) in [6, 6.07) is 8.88. The van der Waals surface area contributed by atoms with Crippen LogP contribution in [0.4, 0.5) is 0 Å². The largest absolute Gasteiger partial charge is 0.317 e. The van der Waals surface area contributed by atoms with E-state index in [0.717, 1.165) is 19.0 Å². The third kappa shape index (κ3) is 4.96. The molecule has 2 heteroatoms. The number of benzene rings is 1. The maximum Gasteiger partial charge on any atom is 0.0236 e. The van der Waals surface area contributed by atoms with Crippen molar-refractivity contribution in [3.8, 4) is 0 Å². The van der Waals surface area contributed by atoms with Crippen molar-refractivity contribution in [1.29, 1.82) is 0 Å². The number of rotatable bonds is 7. The maximum atomic E-state index is 3.55. The van der Waals surface area contributed by atoms with Gasteiger partial charge in [0.2, 0.25) is 0 Å². The summed E-state index contributed by atoms with van der Waals surface area (Å²) in [5.41, 5.74) is 3.08. The molecular weight excluding hydrogens is 232 g/mol. The normalized spacial score (nSPS) is 15.7. The summed E-state index contributed by atoms with van der Waals surface area (Å²) >= 11 is 0. The fourth-order valence-electron chi connectivity index (χ4n) is 2.69. The molecule has 0 saturated heterocycles. The number of nitrogens with one attached hydrogen (secondary N) is 1. The summed E-state index contributed by atoms with van der Waals surface area (Å²) in [6.07, 6.45) is 3.77. The van der Waals surface area contributed by atoms with Crippen LogP contribution in [0.5, 0.6) is 0 Å². The van der Waals surface area contributed by atoms with E-state index in [1.807, 2.05) is 0 Å². The molecule has 0 aliphatic carbocycles. The molecule has 1 aliphatic heterocycles. The van der Waals surface area contributed by atoms with E-state index in [9.17, 15) is 0 Å². The second kappa shape index (κ2) is 7.66. The zero-order chi connectivity index (χ0) is 13.5. The summed E-state index contributed by atoms with van der Waals surface area (Å²) < 4.78 is 0. The third-order valence-electron chi connectivity index (χ3n) is 3.94. The maximum absolute atomic E-state index is 3.55. The van der Waals surface area contributed by atoms with Crippen molar-refractivity contribution in [2.45, 2.75) is 39.7 Å². The Morgan fingerprint density at radius 3 is 2.74 bits per heavy atom. The van der Waals surface area contributed by atoms with Gasteiger partial charge in [-0.25, -0.2) is 0 Å². The fraction of sp³-hybridized carbons (Fsp3) is 0.647. The third-order valence-corrected chi connectivity index (χ3v) is 3.94. The van der Waals surface area contributed by atoms with Gasteiger partial charge in [-0.1, -0.05) is 38.1 Å². The Bertz CT molecular complexity index is 373. The molecule has 0 aromatic heterocycles.